The number of nitrogens with two attached hydrogens (primary N) is 1. The normalized spacial score (nSPS) is 13.8. The summed E-state index contributed by atoms with van der Waals surface area (Å²) in [6, 6.07) is 5.14. The third kappa shape index (κ3) is 2.97. The van der Waals surface area contributed by atoms with Crippen molar-refractivity contribution < 1.29 is 4.79 Å². The predicted molar refractivity (Wildman–Crippen MR) is 72.8 cm³/mol. The molecule has 100 valence electrons. The van der Waals surface area contributed by atoms with Crippen LogP contribution in [-0.2, 0) is 4.79 Å². The lowest BCUT2D eigenvalue weighted by Crippen LogP contribution is -2.34. The molecule has 2 aromatic rings. The minimum atomic E-state index is -0.273. The van der Waals surface area contributed by atoms with Crippen molar-refractivity contribution in [3.63, 3.8) is 0 Å². The molecule has 6 nitrogen and oxygen atoms in total. The summed E-state index contributed by atoms with van der Waals surface area (Å²) in [4.78, 5) is 16.3. The first kappa shape index (κ1) is 13.2. The van der Waals surface area contributed by atoms with Gasteiger partial charge in [0.05, 0.1) is 11.6 Å². The monoisotopic (exact) mass is 259 g/mol. The molecule has 2 rings (SSSR count). The molecule has 2 heterocycles. The van der Waals surface area contributed by atoms with Crippen LogP contribution in [0.4, 0.5) is 5.69 Å². The Balaban J connectivity index is 2.24. The summed E-state index contributed by atoms with van der Waals surface area (Å²) in [5.74, 6) is 0.180. The van der Waals surface area contributed by atoms with E-state index in [1.807, 2.05) is 6.92 Å². The molecule has 1 amide bonds. The minimum Gasteiger partial charge on any atom is -0.327 e. The molecule has 0 aliphatic rings. The average Bonchev–Trinajstić information content (AvgIpc) is 2.92. The smallest absolute Gasteiger partial charge is 0.228 e. The topological polar surface area (TPSA) is 85.8 Å². The number of aromatic nitrogens is 3. The van der Waals surface area contributed by atoms with Crippen LogP contribution in [-0.4, -0.2) is 26.7 Å². The number of carbonyl (C=O) groups is 1. The molecule has 0 aliphatic carbocycles. The van der Waals surface area contributed by atoms with Crippen LogP contribution < -0.4 is 11.1 Å². The van der Waals surface area contributed by atoms with E-state index in [0.29, 0.717) is 11.5 Å². The highest BCUT2D eigenvalue weighted by Crippen LogP contribution is 2.17. The summed E-state index contributed by atoms with van der Waals surface area (Å²) in [6.45, 7) is 3.60. The fourth-order valence-corrected chi connectivity index (χ4v) is 1.56. The first-order valence-corrected chi connectivity index (χ1v) is 6.11. The standard InChI is InChI=1S/C13H17N5O/c1-9(10(2)14)13(19)17-11-5-3-6-15-12(11)18-8-4-7-16-18/h3-10H,14H2,1-2H3,(H,17,19). The van der Waals surface area contributed by atoms with Crippen molar-refractivity contribution in [1.29, 1.82) is 0 Å². The summed E-state index contributed by atoms with van der Waals surface area (Å²) in [6.07, 6.45) is 5.08. The molecule has 2 aromatic heterocycles. The number of nitrogens with zero attached hydrogens (tertiary/aromatic N) is 3. The quantitative estimate of drug-likeness (QED) is 0.863. The highest BCUT2D eigenvalue weighted by Gasteiger charge is 2.18. The van der Waals surface area contributed by atoms with Gasteiger partial charge in [-0.2, -0.15) is 5.10 Å². The maximum absolute atomic E-state index is 12.0. The van der Waals surface area contributed by atoms with Crippen LogP contribution in [0.15, 0.2) is 36.8 Å². The largest absolute Gasteiger partial charge is 0.327 e. The van der Waals surface area contributed by atoms with Gasteiger partial charge >= 0.3 is 0 Å². The van der Waals surface area contributed by atoms with Crippen LogP contribution in [0.5, 0.6) is 0 Å². The van der Waals surface area contributed by atoms with Crippen molar-refractivity contribution in [3.8, 4) is 5.82 Å². The minimum absolute atomic E-state index is 0.128. The number of amides is 1. The SMILES string of the molecule is CC(N)C(C)C(=O)Nc1cccnc1-n1cccn1. The number of rotatable bonds is 4. The Morgan fingerprint density at radius 2 is 2.16 bits per heavy atom. The zero-order valence-corrected chi connectivity index (χ0v) is 10.9. The fraction of sp³-hybridized carbons (Fsp3) is 0.308. The maximum Gasteiger partial charge on any atom is 0.228 e. The lowest BCUT2D eigenvalue weighted by atomic mass is 10.0. The number of nitrogens with one attached hydrogen (secondary N) is 1. The van der Waals surface area contributed by atoms with E-state index in [1.165, 1.54) is 0 Å². The van der Waals surface area contributed by atoms with Crippen molar-refractivity contribution >= 4 is 11.6 Å². The molecular formula is C13H17N5O. The third-order valence-electron chi connectivity index (χ3n) is 2.97. The van der Waals surface area contributed by atoms with E-state index in [4.69, 9.17) is 5.73 Å². The van der Waals surface area contributed by atoms with Gasteiger partial charge < -0.3 is 11.1 Å². The summed E-state index contributed by atoms with van der Waals surface area (Å²) in [5.41, 5.74) is 6.34. The molecule has 2 atom stereocenters. The van der Waals surface area contributed by atoms with Crippen molar-refractivity contribution in [3.05, 3.63) is 36.8 Å². The number of pyridine rings is 1. The Hall–Kier alpha value is -2.21. The summed E-state index contributed by atoms with van der Waals surface area (Å²) in [7, 11) is 0. The van der Waals surface area contributed by atoms with E-state index in [-0.39, 0.29) is 17.9 Å². The van der Waals surface area contributed by atoms with Gasteiger partial charge in [0.1, 0.15) is 0 Å². The van der Waals surface area contributed by atoms with Gasteiger partial charge in [0, 0.05) is 24.6 Å². The van der Waals surface area contributed by atoms with Crippen LogP contribution >= 0.6 is 0 Å². The molecule has 0 spiro atoms. The second kappa shape index (κ2) is 5.62. The average molecular weight is 259 g/mol. The Labute approximate surface area is 111 Å². The number of carbonyl (C=O) groups excluding carboxylic acids is 1. The molecule has 0 aliphatic heterocycles. The van der Waals surface area contributed by atoms with Crippen molar-refractivity contribution in [2.75, 3.05) is 5.32 Å². The Morgan fingerprint density at radius 1 is 1.37 bits per heavy atom. The van der Waals surface area contributed by atoms with Crippen LogP contribution in [0.25, 0.3) is 5.82 Å². The molecule has 0 saturated carbocycles. The summed E-state index contributed by atoms with van der Waals surface area (Å²) >= 11 is 0. The van der Waals surface area contributed by atoms with E-state index in [9.17, 15) is 4.79 Å². The first-order chi connectivity index (χ1) is 9.09. The molecule has 2 unspecified atom stereocenters. The second-order valence-corrected chi connectivity index (χ2v) is 4.46. The predicted octanol–water partition coefficient (Wildman–Crippen LogP) is 1.19. The van der Waals surface area contributed by atoms with E-state index in [0.717, 1.165) is 0 Å². The van der Waals surface area contributed by atoms with E-state index >= 15 is 0 Å². The van der Waals surface area contributed by atoms with Crippen LogP contribution in [0.2, 0.25) is 0 Å². The number of hydrogen-bond donors (Lipinski definition) is 2. The molecule has 19 heavy (non-hydrogen) atoms. The van der Waals surface area contributed by atoms with E-state index < -0.39 is 0 Å². The first-order valence-electron chi connectivity index (χ1n) is 6.11. The van der Waals surface area contributed by atoms with E-state index in [2.05, 4.69) is 15.4 Å². The third-order valence-corrected chi connectivity index (χ3v) is 2.97. The number of hydrogen-bond acceptors (Lipinski definition) is 4. The molecule has 3 N–H and O–H groups in total. The highest BCUT2D eigenvalue weighted by atomic mass is 16.1. The Bertz CT molecular complexity index is 550. The summed E-state index contributed by atoms with van der Waals surface area (Å²) < 4.78 is 1.60. The van der Waals surface area contributed by atoms with Gasteiger partial charge in [-0.1, -0.05) is 6.92 Å². The zero-order valence-electron chi connectivity index (χ0n) is 10.9. The van der Waals surface area contributed by atoms with Crippen LogP contribution in [0.1, 0.15) is 13.8 Å². The lowest BCUT2D eigenvalue weighted by molar-refractivity contribution is -0.119. The summed E-state index contributed by atoms with van der Waals surface area (Å²) in [5, 5.41) is 6.95. The zero-order chi connectivity index (χ0) is 13.8. The molecule has 6 heteroatoms. The van der Waals surface area contributed by atoms with Gasteiger partial charge in [-0.3, -0.25) is 4.79 Å². The molecule has 0 radical (unpaired) electrons. The molecule has 0 bridgehead atoms. The molecular weight excluding hydrogens is 242 g/mol. The number of anilines is 1. The van der Waals surface area contributed by atoms with Gasteiger partial charge in [-0.05, 0) is 25.1 Å². The van der Waals surface area contributed by atoms with E-state index in [1.54, 1.807) is 48.4 Å². The van der Waals surface area contributed by atoms with Crippen molar-refractivity contribution in [2.45, 2.75) is 19.9 Å². The van der Waals surface area contributed by atoms with Crippen molar-refractivity contribution in [2.24, 2.45) is 11.7 Å². The van der Waals surface area contributed by atoms with Crippen molar-refractivity contribution in [1.82, 2.24) is 14.8 Å². The highest BCUT2D eigenvalue weighted by molar-refractivity contribution is 5.94. The van der Waals surface area contributed by atoms with Gasteiger partial charge in [0.15, 0.2) is 5.82 Å². The van der Waals surface area contributed by atoms with Gasteiger partial charge in [0.2, 0.25) is 5.91 Å². The fourth-order valence-electron chi connectivity index (χ4n) is 1.56. The van der Waals surface area contributed by atoms with Gasteiger partial charge in [-0.25, -0.2) is 9.67 Å². The lowest BCUT2D eigenvalue weighted by Gasteiger charge is -2.16. The van der Waals surface area contributed by atoms with Crippen LogP contribution in [0, 0.1) is 5.92 Å². The van der Waals surface area contributed by atoms with Gasteiger partial charge in [-0.15, -0.1) is 0 Å². The van der Waals surface area contributed by atoms with Gasteiger partial charge in [0.25, 0.3) is 0 Å². The molecule has 0 aromatic carbocycles. The maximum atomic E-state index is 12.0. The molecule has 0 fully saturated rings. The Kier molecular flexibility index (Phi) is 3.91. The molecule has 0 saturated heterocycles. The second-order valence-electron chi connectivity index (χ2n) is 4.46. The van der Waals surface area contributed by atoms with Crippen LogP contribution in [0.3, 0.4) is 0 Å². The Morgan fingerprint density at radius 3 is 2.79 bits per heavy atom.